The van der Waals surface area contributed by atoms with Crippen molar-refractivity contribution in [2.24, 2.45) is 0 Å². The summed E-state index contributed by atoms with van der Waals surface area (Å²) in [6, 6.07) is 9.83. The average molecular weight is 232 g/mol. The molecule has 1 aromatic rings. The third-order valence-corrected chi connectivity index (χ3v) is 2.38. The van der Waals surface area contributed by atoms with Crippen molar-refractivity contribution in [3.8, 4) is 6.07 Å². The molecule has 0 aliphatic rings. The Morgan fingerprint density at radius 3 is 3.00 bits per heavy atom. The molecule has 0 amide bonds. The minimum Gasteiger partial charge on any atom is -0.381 e. The maximum absolute atomic E-state index is 8.77. The number of nitrogens with one attached hydrogen (secondary N) is 1. The minimum absolute atomic E-state index is 0.718. The number of benzene rings is 1. The summed E-state index contributed by atoms with van der Waals surface area (Å²) in [5, 5.41) is 12.1. The van der Waals surface area contributed by atoms with Crippen LogP contribution in [0.3, 0.4) is 0 Å². The van der Waals surface area contributed by atoms with Crippen molar-refractivity contribution < 1.29 is 4.74 Å². The normalized spacial score (nSPS) is 10.1. The Morgan fingerprint density at radius 1 is 1.35 bits per heavy atom. The number of hydrogen-bond acceptors (Lipinski definition) is 3. The molecule has 0 aromatic heterocycles. The molecule has 17 heavy (non-hydrogen) atoms. The molecule has 0 atom stereocenters. The van der Waals surface area contributed by atoms with Crippen molar-refractivity contribution in [2.75, 3.05) is 19.8 Å². The first-order valence-corrected chi connectivity index (χ1v) is 6.14. The number of rotatable bonds is 8. The Labute approximate surface area is 103 Å². The van der Waals surface area contributed by atoms with Gasteiger partial charge in [-0.05, 0) is 37.1 Å². The van der Waals surface area contributed by atoms with Crippen molar-refractivity contribution in [3.05, 3.63) is 35.4 Å². The Hall–Kier alpha value is -1.37. The second-order valence-corrected chi connectivity index (χ2v) is 3.95. The molecule has 0 bridgehead atoms. The summed E-state index contributed by atoms with van der Waals surface area (Å²) in [5.41, 5.74) is 1.87. The topological polar surface area (TPSA) is 45.0 Å². The smallest absolute Gasteiger partial charge is 0.0991 e. The highest BCUT2D eigenvalue weighted by molar-refractivity contribution is 5.32. The van der Waals surface area contributed by atoms with Crippen LogP contribution in [-0.2, 0) is 11.3 Å². The summed E-state index contributed by atoms with van der Waals surface area (Å²) in [7, 11) is 0. The lowest BCUT2D eigenvalue weighted by atomic mass is 10.1. The van der Waals surface area contributed by atoms with Crippen molar-refractivity contribution in [2.45, 2.75) is 26.3 Å². The van der Waals surface area contributed by atoms with E-state index in [2.05, 4.69) is 18.3 Å². The largest absolute Gasteiger partial charge is 0.381 e. The van der Waals surface area contributed by atoms with E-state index in [1.807, 2.05) is 24.3 Å². The van der Waals surface area contributed by atoms with Crippen LogP contribution in [0.5, 0.6) is 0 Å². The fourth-order valence-corrected chi connectivity index (χ4v) is 1.53. The van der Waals surface area contributed by atoms with Gasteiger partial charge >= 0.3 is 0 Å². The maximum atomic E-state index is 8.77. The van der Waals surface area contributed by atoms with E-state index >= 15 is 0 Å². The molecule has 0 saturated heterocycles. The fraction of sp³-hybridized carbons (Fsp3) is 0.500. The third-order valence-electron chi connectivity index (χ3n) is 2.38. The zero-order chi connectivity index (χ0) is 12.3. The molecule has 0 fully saturated rings. The van der Waals surface area contributed by atoms with E-state index in [1.54, 1.807) is 0 Å². The molecular formula is C14H20N2O. The van der Waals surface area contributed by atoms with Gasteiger partial charge in [-0.3, -0.25) is 0 Å². The molecule has 3 heteroatoms. The van der Waals surface area contributed by atoms with Gasteiger partial charge in [-0.2, -0.15) is 5.26 Å². The third kappa shape index (κ3) is 6.06. The minimum atomic E-state index is 0.718. The van der Waals surface area contributed by atoms with Gasteiger partial charge < -0.3 is 10.1 Å². The molecule has 0 aliphatic carbocycles. The van der Waals surface area contributed by atoms with Crippen LogP contribution in [0.1, 0.15) is 30.9 Å². The Kier molecular flexibility index (Phi) is 7.04. The van der Waals surface area contributed by atoms with Crippen molar-refractivity contribution >= 4 is 0 Å². The van der Waals surface area contributed by atoms with E-state index in [4.69, 9.17) is 10.00 Å². The molecule has 0 radical (unpaired) electrons. The predicted molar refractivity (Wildman–Crippen MR) is 68.6 cm³/mol. The zero-order valence-corrected chi connectivity index (χ0v) is 10.4. The van der Waals surface area contributed by atoms with Gasteiger partial charge in [-0.15, -0.1) is 0 Å². The molecule has 0 aliphatic heterocycles. The van der Waals surface area contributed by atoms with Crippen LogP contribution in [-0.4, -0.2) is 19.8 Å². The van der Waals surface area contributed by atoms with Gasteiger partial charge in [0.15, 0.2) is 0 Å². The molecule has 1 rings (SSSR count). The first-order chi connectivity index (χ1) is 8.36. The second kappa shape index (κ2) is 8.74. The first-order valence-electron chi connectivity index (χ1n) is 6.14. The van der Waals surface area contributed by atoms with Gasteiger partial charge in [0, 0.05) is 19.8 Å². The second-order valence-electron chi connectivity index (χ2n) is 3.95. The van der Waals surface area contributed by atoms with E-state index in [-0.39, 0.29) is 0 Å². The van der Waals surface area contributed by atoms with Crippen LogP contribution in [0, 0.1) is 11.3 Å². The molecule has 0 unspecified atom stereocenters. The van der Waals surface area contributed by atoms with Crippen LogP contribution < -0.4 is 5.32 Å². The maximum Gasteiger partial charge on any atom is 0.0991 e. The lowest BCUT2D eigenvalue weighted by molar-refractivity contribution is 0.132. The molecule has 0 spiro atoms. The first kappa shape index (κ1) is 13.7. The van der Waals surface area contributed by atoms with E-state index in [0.29, 0.717) is 0 Å². The molecule has 0 heterocycles. The Balaban J connectivity index is 2.12. The zero-order valence-electron chi connectivity index (χ0n) is 10.4. The molecule has 92 valence electrons. The summed E-state index contributed by atoms with van der Waals surface area (Å²) >= 11 is 0. The Bertz CT molecular complexity index is 357. The summed E-state index contributed by atoms with van der Waals surface area (Å²) in [4.78, 5) is 0. The fourth-order valence-electron chi connectivity index (χ4n) is 1.53. The molecule has 3 nitrogen and oxygen atoms in total. The van der Waals surface area contributed by atoms with Crippen LogP contribution in [0.15, 0.2) is 24.3 Å². The highest BCUT2D eigenvalue weighted by Crippen LogP contribution is 2.03. The summed E-state index contributed by atoms with van der Waals surface area (Å²) in [6.07, 6.45) is 2.10. The van der Waals surface area contributed by atoms with Gasteiger partial charge in [0.25, 0.3) is 0 Å². The van der Waals surface area contributed by atoms with Crippen LogP contribution >= 0.6 is 0 Å². The quantitative estimate of drug-likeness (QED) is 0.700. The van der Waals surface area contributed by atoms with Crippen LogP contribution in [0.25, 0.3) is 0 Å². The molecule has 0 saturated carbocycles. The average Bonchev–Trinajstić information content (AvgIpc) is 2.38. The standard InChI is InChI=1S/C14H20N2O/c1-2-8-17-9-4-7-16-12-14-6-3-5-13(10-14)11-15/h3,5-6,10,16H,2,4,7-9,12H2,1H3. The highest BCUT2D eigenvalue weighted by Gasteiger charge is 1.95. The number of nitrogens with zero attached hydrogens (tertiary/aromatic N) is 1. The van der Waals surface area contributed by atoms with E-state index < -0.39 is 0 Å². The lowest BCUT2D eigenvalue weighted by Crippen LogP contribution is -2.16. The predicted octanol–water partition coefficient (Wildman–Crippen LogP) is 2.46. The molecular weight excluding hydrogens is 212 g/mol. The van der Waals surface area contributed by atoms with Gasteiger partial charge in [0.1, 0.15) is 0 Å². The van der Waals surface area contributed by atoms with Crippen molar-refractivity contribution in [1.29, 1.82) is 5.26 Å². The highest BCUT2D eigenvalue weighted by atomic mass is 16.5. The number of hydrogen-bond donors (Lipinski definition) is 1. The summed E-state index contributed by atoms with van der Waals surface area (Å²) in [6.45, 7) is 5.54. The van der Waals surface area contributed by atoms with Crippen LogP contribution in [0.2, 0.25) is 0 Å². The van der Waals surface area contributed by atoms with Crippen molar-refractivity contribution in [1.82, 2.24) is 5.32 Å². The number of nitriles is 1. The molecule has 1 N–H and O–H groups in total. The van der Waals surface area contributed by atoms with E-state index in [0.717, 1.165) is 50.3 Å². The summed E-state index contributed by atoms with van der Waals surface area (Å²) in [5.74, 6) is 0. The van der Waals surface area contributed by atoms with Gasteiger partial charge in [-0.25, -0.2) is 0 Å². The van der Waals surface area contributed by atoms with Gasteiger partial charge in [-0.1, -0.05) is 19.1 Å². The SMILES string of the molecule is CCCOCCCNCc1cccc(C#N)c1. The molecule has 1 aromatic carbocycles. The van der Waals surface area contributed by atoms with Gasteiger partial charge in [0.05, 0.1) is 11.6 Å². The van der Waals surface area contributed by atoms with E-state index in [1.165, 1.54) is 0 Å². The van der Waals surface area contributed by atoms with Gasteiger partial charge in [0.2, 0.25) is 0 Å². The van der Waals surface area contributed by atoms with Crippen molar-refractivity contribution in [3.63, 3.8) is 0 Å². The lowest BCUT2D eigenvalue weighted by Gasteiger charge is -2.05. The summed E-state index contributed by atoms with van der Waals surface area (Å²) < 4.78 is 5.39. The Morgan fingerprint density at radius 2 is 2.24 bits per heavy atom. The van der Waals surface area contributed by atoms with E-state index in [9.17, 15) is 0 Å². The number of ether oxygens (including phenoxy) is 1. The van der Waals surface area contributed by atoms with Crippen LogP contribution in [0.4, 0.5) is 0 Å². The monoisotopic (exact) mass is 232 g/mol.